The molecule has 4 rings (SSSR count). The van der Waals surface area contributed by atoms with E-state index in [0.29, 0.717) is 0 Å². The first-order valence-corrected chi connectivity index (χ1v) is 7.96. The van der Waals surface area contributed by atoms with E-state index >= 15 is 0 Å². The van der Waals surface area contributed by atoms with Gasteiger partial charge in [0, 0.05) is 64.2 Å². The van der Waals surface area contributed by atoms with E-state index in [1.165, 1.54) is 13.1 Å². The van der Waals surface area contributed by atoms with Gasteiger partial charge in [0.05, 0.1) is 10.7 Å². The van der Waals surface area contributed by atoms with Gasteiger partial charge in [-0.05, 0) is 12.1 Å². The molecule has 0 spiro atoms. The summed E-state index contributed by atoms with van der Waals surface area (Å²) in [4.78, 5) is 9.77. The van der Waals surface area contributed by atoms with Crippen molar-refractivity contribution in [1.29, 1.82) is 0 Å². The van der Waals surface area contributed by atoms with Crippen molar-refractivity contribution in [3.8, 4) is 0 Å². The summed E-state index contributed by atoms with van der Waals surface area (Å²) in [5.74, 6) is 0. The lowest BCUT2D eigenvalue weighted by Crippen LogP contribution is -2.61. The molecule has 2 aliphatic heterocycles. The van der Waals surface area contributed by atoms with Crippen LogP contribution in [-0.2, 0) is 6.54 Å². The van der Waals surface area contributed by atoms with Gasteiger partial charge in [0.1, 0.15) is 5.65 Å². The maximum Gasteiger partial charge on any atom is 0.137 e. The number of piperazine rings is 1. The van der Waals surface area contributed by atoms with E-state index in [-0.39, 0.29) is 0 Å². The molecule has 0 aromatic carbocycles. The third-order valence-electron chi connectivity index (χ3n) is 4.53. The zero-order chi connectivity index (χ0) is 14.2. The fraction of sp³-hybridized carbons (Fsp3) is 0.533. The van der Waals surface area contributed by atoms with Crippen LogP contribution in [-0.4, -0.2) is 64.5 Å². The summed E-state index contributed by atoms with van der Waals surface area (Å²) in [7, 11) is 0. The minimum absolute atomic E-state index is 0.745. The summed E-state index contributed by atoms with van der Waals surface area (Å²) < 4.78 is 2.01. The van der Waals surface area contributed by atoms with Gasteiger partial charge in [0.15, 0.2) is 0 Å². The summed E-state index contributed by atoms with van der Waals surface area (Å²) in [6.07, 6.45) is 4.00. The van der Waals surface area contributed by atoms with Gasteiger partial charge < -0.3 is 9.72 Å². The summed E-state index contributed by atoms with van der Waals surface area (Å²) in [5.41, 5.74) is 2.09. The highest BCUT2D eigenvalue weighted by Crippen LogP contribution is 2.15. The molecule has 0 unspecified atom stereocenters. The molecular weight excluding hydrogens is 286 g/mol. The van der Waals surface area contributed by atoms with Crippen LogP contribution in [0.2, 0.25) is 5.02 Å². The molecule has 6 heteroatoms. The molecule has 4 heterocycles. The van der Waals surface area contributed by atoms with Crippen molar-refractivity contribution >= 4 is 17.2 Å². The average molecular weight is 306 g/mol. The van der Waals surface area contributed by atoms with E-state index in [1.807, 2.05) is 22.7 Å². The topological polar surface area (TPSA) is 35.8 Å². The zero-order valence-corrected chi connectivity index (χ0v) is 12.8. The number of imidazole rings is 1. The molecule has 0 atom stereocenters. The Hall–Kier alpha value is -1.14. The molecule has 2 aliphatic rings. The molecule has 0 saturated carbocycles. The lowest BCUT2D eigenvalue weighted by molar-refractivity contribution is 0.0691. The Kier molecular flexibility index (Phi) is 3.59. The Bertz CT molecular complexity index is 628. The van der Waals surface area contributed by atoms with E-state index in [0.717, 1.165) is 55.1 Å². The van der Waals surface area contributed by atoms with Crippen LogP contribution in [0.3, 0.4) is 0 Å². The summed E-state index contributed by atoms with van der Waals surface area (Å²) in [6.45, 7) is 7.85. The van der Waals surface area contributed by atoms with E-state index < -0.39 is 0 Å². The summed E-state index contributed by atoms with van der Waals surface area (Å²) >= 11 is 6.02. The largest absolute Gasteiger partial charge is 0.314 e. The molecular formula is C15H20ClN5. The van der Waals surface area contributed by atoms with Crippen LogP contribution >= 0.6 is 11.6 Å². The van der Waals surface area contributed by atoms with Crippen LogP contribution in [0.1, 0.15) is 5.69 Å². The molecule has 2 aromatic heterocycles. The van der Waals surface area contributed by atoms with Crippen LogP contribution in [0, 0.1) is 0 Å². The molecule has 21 heavy (non-hydrogen) atoms. The number of aromatic nitrogens is 2. The van der Waals surface area contributed by atoms with E-state index in [9.17, 15) is 0 Å². The zero-order valence-electron chi connectivity index (χ0n) is 12.0. The first kappa shape index (κ1) is 13.5. The highest BCUT2D eigenvalue weighted by molar-refractivity contribution is 6.30. The van der Waals surface area contributed by atoms with E-state index in [4.69, 9.17) is 11.6 Å². The van der Waals surface area contributed by atoms with Crippen LogP contribution in [0.4, 0.5) is 0 Å². The van der Waals surface area contributed by atoms with Gasteiger partial charge in [-0.25, -0.2) is 4.98 Å². The van der Waals surface area contributed by atoms with Crippen molar-refractivity contribution in [3.05, 3.63) is 35.2 Å². The van der Waals surface area contributed by atoms with Gasteiger partial charge in [0.25, 0.3) is 0 Å². The second-order valence-corrected chi connectivity index (χ2v) is 6.41. The molecule has 2 saturated heterocycles. The van der Waals surface area contributed by atoms with Crippen LogP contribution in [0.15, 0.2) is 24.5 Å². The third-order valence-corrected chi connectivity index (χ3v) is 4.76. The van der Waals surface area contributed by atoms with Gasteiger partial charge in [-0.3, -0.25) is 9.80 Å². The third kappa shape index (κ3) is 2.79. The van der Waals surface area contributed by atoms with E-state index in [2.05, 4.69) is 26.3 Å². The molecule has 5 nitrogen and oxygen atoms in total. The lowest BCUT2D eigenvalue weighted by Gasteiger charge is -2.43. The Labute approximate surface area is 129 Å². The molecule has 0 aliphatic carbocycles. The van der Waals surface area contributed by atoms with Crippen molar-refractivity contribution in [2.75, 3.05) is 39.3 Å². The van der Waals surface area contributed by atoms with Crippen LogP contribution < -0.4 is 5.32 Å². The Balaban J connectivity index is 1.39. The van der Waals surface area contributed by atoms with Crippen molar-refractivity contribution in [1.82, 2.24) is 24.5 Å². The first-order chi connectivity index (χ1) is 10.3. The van der Waals surface area contributed by atoms with Crippen molar-refractivity contribution < 1.29 is 0 Å². The number of nitrogens with one attached hydrogen (secondary N) is 1. The highest BCUT2D eigenvalue weighted by atomic mass is 35.5. The molecule has 2 fully saturated rings. The smallest absolute Gasteiger partial charge is 0.137 e. The molecule has 0 bridgehead atoms. The number of pyridine rings is 1. The Morgan fingerprint density at radius 3 is 2.67 bits per heavy atom. The monoisotopic (exact) mass is 305 g/mol. The van der Waals surface area contributed by atoms with Gasteiger partial charge in [0.2, 0.25) is 0 Å². The Morgan fingerprint density at radius 2 is 1.95 bits per heavy atom. The number of fused-ring (bicyclic) bond motifs is 1. The predicted octanol–water partition coefficient (Wildman–Crippen LogP) is 1.08. The van der Waals surface area contributed by atoms with Gasteiger partial charge >= 0.3 is 0 Å². The van der Waals surface area contributed by atoms with Gasteiger partial charge in [-0.2, -0.15) is 0 Å². The highest BCUT2D eigenvalue weighted by Gasteiger charge is 2.27. The van der Waals surface area contributed by atoms with Crippen LogP contribution in [0.25, 0.3) is 5.65 Å². The van der Waals surface area contributed by atoms with Crippen LogP contribution in [0.5, 0.6) is 0 Å². The van der Waals surface area contributed by atoms with Gasteiger partial charge in [-0.15, -0.1) is 0 Å². The average Bonchev–Trinajstić information content (AvgIpc) is 2.80. The second kappa shape index (κ2) is 5.57. The van der Waals surface area contributed by atoms with Crippen molar-refractivity contribution in [2.45, 2.75) is 12.6 Å². The molecule has 0 amide bonds. The number of halogens is 1. The normalized spacial score (nSPS) is 21.8. The number of nitrogens with zero attached hydrogens (tertiary/aromatic N) is 4. The minimum Gasteiger partial charge on any atom is -0.314 e. The number of hydrogen-bond acceptors (Lipinski definition) is 4. The fourth-order valence-electron chi connectivity index (χ4n) is 3.14. The number of rotatable bonds is 3. The minimum atomic E-state index is 0.745. The van der Waals surface area contributed by atoms with Crippen molar-refractivity contribution in [2.24, 2.45) is 0 Å². The van der Waals surface area contributed by atoms with Gasteiger partial charge in [-0.1, -0.05) is 11.6 Å². The summed E-state index contributed by atoms with van der Waals surface area (Å²) in [5, 5.41) is 4.09. The maximum absolute atomic E-state index is 6.02. The molecule has 112 valence electrons. The lowest BCUT2D eigenvalue weighted by atomic mass is 10.1. The molecule has 1 N–H and O–H groups in total. The maximum atomic E-state index is 6.02. The molecule has 0 radical (unpaired) electrons. The first-order valence-electron chi connectivity index (χ1n) is 7.58. The second-order valence-electron chi connectivity index (χ2n) is 5.97. The Morgan fingerprint density at radius 1 is 1.14 bits per heavy atom. The SMILES string of the molecule is Clc1ccc2nc(CN3CCN(C4CNC4)CC3)cn2c1. The molecule has 2 aromatic rings. The quantitative estimate of drug-likeness (QED) is 0.920. The number of hydrogen-bond donors (Lipinski definition) is 1. The standard InChI is InChI=1S/C15H20ClN5/c16-12-1-2-15-18-13(11-21(15)9-12)10-19-3-5-20(6-4-19)14-7-17-8-14/h1-2,9,11,14,17H,3-8,10H2. The predicted molar refractivity (Wildman–Crippen MR) is 83.7 cm³/mol. The summed E-state index contributed by atoms with van der Waals surface area (Å²) in [6, 6.07) is 4.62. The fourth-order valence-corrected chi connectivity index (χ4v) is 3.31. The van der Waals surface area contributed by atoms with E-state index in [1.54, 1.807) is 0 Å². The van der Waals surface area contributed by atoms with Crippen molar-refractivity contribution in [3.63, 3.8) is 0 Å².